The van der Waals surface area contributed by atoms with Gasteiger partial charge < -0.3 is 9.88 Å². The molecule has 7 nitrogen and oxygen atoms in total. The van der Waals surface area contributed by atoms with Crippen LogP contribution in [0.1, 0.15) is 31.3 Å². The average molecular weight is 262 g/mol. The molecule has 0 aliphatic heterocycles. The molecule has 1 atom stereocenters. The summed E-state index contributed by atoms with van der Waals surface area (Å²) in [5.74, 6) is 0.661. The summed E-state index contributed by atoms with van der Waals surface area (Å²) in [6.07, 6.45) is 5.22. The molecular weight excluding hydrogens is 244 g/mol. The minimum Gasteiger partial charge on any atom is -0.345 e. The zero-order chi connectivity index (χ0) is 13.8. The van der Waals surface area contributed by atoms with Gasteiger partial charge in [-0.2, -0.15) is 5.10 Å². The highest BCUT2D eigenvalue weighted by atomic mass is 16.2. The van der Waals surface area contributed by atoms with Crippen LogP contribution in [0.15, 0.2) is 18.7 Å². The van der Waals surface area contributed by atoms with Crippen LogP contribution >= 0.6 is 0 Å². The summed E-state index contributed by atoms with van der Waals surface area (Å²) in [7, 11) is 0. The molecule has 0 fully saturated rings. The van der Waals surface area contributed by atoms with Crippen LogP contribution in [-0.4, -0.2) is 30.5 Å². The Balaban J connectivity index is 1.95. The summed E-state index contributed by atoms with van der Waals surface area (Å²) < 4.78 is 3.52. The monoisotopic (exact) mass is 262 g/mol. The summed E-state index contributed by atoms with van der Waals surface area (Å²) in [4.78, 5) is 11.9. The van der Waals surface area contributed by atoms with Gasteiger partial charge in [-0.05, 0) is 26.3 Å². The van der Waals surface area contributed by atoms with Gasteiger partial charge in [-0.3, -0.25) is 9.48 Å². The molecule has 7 heteroatoms. The first-order chi connectivity index (χ1) is 9.10. The molecule has 0 saturated heterocycles. The molecular formula is C12H18N6O. The first-order valence-corrected chi connectivity index (χ1v) is 6.26. The Morgan fingerprint density at radius 1 is 1.53 bits per heavy atom. The molecule has 2 aromatic heterocycles. The van der Waals surface area contributed by atoms with Crippen molar-refractivity contribution in [3.8, 4) is 0 Å². The topological polar surface area (TPSA) is 77.6 Å². The van der Waals surface area contributed by atoms with E-state index < -0.39 is 0 Å². The fraction of sp³-hybridized carbons (Fsp3) is 0.500. The van der Waals surface area contributed by atoms with Gasteiger partial charge in [0.25, 0.3) is 0 Å². The molecule has 1 amide bonds. The van der Waals surface area contributed by atoms with E-state index in [2.05, 4.69) is 20.6 Å². The first kappa shape index (κ1) is 13.3. The third-order valence-corrected chi connectivity index (χ3v) is 2.82. The van der Waals surface area contributed by atoms with Gasteiger partial charge in [-0.15, -0.1) is 10.2 Å². The van der Waals surface area contributed by atoms with E-state index in [1.807, 2.05) is 31.5 Å². The van der Waals surface area contributed by atoms with E-state index in [0.717, 1.165) is 17.9 Å². The van der Waals surface area contributed by atoms with E-state index in [9.17, 15) is 4.79 Å². The predicted octanol–water partition coefficient (Wildman–Crippen LogP) is 0.680. The zero-order valence-corrected chi connectivity index (χ0v) is 11.4. The number of rotatable bonds is 5. The quantitative estimate of drug-likeness (QED) is 0.859. The van der Waals surface area contributed by atoms with Gasteiger partial charge in [0.2, 0.25) is 5.91 Å². The Morgan fingerprint density at radius 2 is 2.32 bits per heavy atom. The van der Waals surface area contributed by atoms with E-state index in [1.54, 1.807) is 17.2 Å². The predicted molar refractivity (Wildman–Crippen MR) is 69.2 cm³/mol. The Kier molecular flexibility index (Phi) is 3.94. The molecule has 1 N–H and O–H groups in total. The minimum absolute atomic E-state index is 0.0961. The average Bonchev–Trinajstić information content (AvgIpc) is 2.97. The van der Waals surface area contributed by atoms with Gasteiger partial charge in [0.1, 0.15) is 12.9 Å². The van der Waals surface area contributed by atoms with E-state index in [-0.39, 0.29) is 18.5 Å². The van der Waals surface area contributed by atoms with Gasteiger partial charge >= 0.3 is 0 Å². The van der Waals surface area contributed by atoms with Crippen molar-refractivity contribution in [3.05, 3.63) is 30.1 Å². The molecule has 2 rings (SSSR count). The SMILES string of the molecule is CCn1cnnc1C(C)NC(=O)Cn1cc(C)cn1. The molecule has 102 valence electrons. The van der Waals surface area contributed by atoms with E-state index in [1.165, 1.54) is 0 Å². The number of nitrogens with one attached hydrogen (secondary N) is 1. The highest BCUT2D eigenvalue weighted by Gasteiger charge is 2.15. The maximum Gasteiger partial charge on any atom is 0.242 e. The largest absolute Gasteiger partial charge is 0.345 e. The van der Waals surface area contributed by atoms with Crippen LogP contribution in [-0.2, 0) is 17.9 Å². The van der Waals surface area contributed by atoms with Crippen LogP contribution in [0.2, 0.25) is 0 Å². The van der Waals surface area contributed by atoms with Gasteiger partial charge in [0.15, 0.2) is 5.82 Å². The van der Waals surface area contributed by atoms with Crippen molar-refractivity contribution >= 4 is 5.91 Å². The van der Waals surface area contributed by atoms with Crippen molar-refractivity contribution in [3.63, 3.8) is 0 Å². The molecule has 0 aliphatic carbocycles. The third-order valence-electron chi connectivity index (χ3n) is 2.82. The van der Waals surface area contributed by atoms with Crippen molar-refractivity contribution < 1.29 is 4.79 Å². The van der Waals surface area contributed by atoms with Crippen molar-refractivity contribution in [2.45, 2.75) is 39.9 Å². The molecule has 0 saturated carbocycles. The smallest absolute Gasteiger partial charge is 0.242 e. The van der Waals surface area contributed by atoms with E-state index in [4.69, 9.17) is 0 Å². The van der Waals surface area contributed by atoms with Gasteiger partial charge in [0, 0.05) is 12.7 Å². The molecule has 0 aliphatic rings. The number of aromatic nitrogens is 5. The fourth-order valence-corrected chi connectivity index (χ4v) is 1.90. The highest BCUT2D eigenvalue weighted by molar-refractivity contribution is 5.76. The maximum atomic E-state index is 11.9. The van der Waals surface area contributed by atoms with Crippen molar-refractivity contribution in [1.29, 1.82) is 0 Å². The highest BCUT2D eigenvalue weighted by Crippen LogP contribution is 2.08. The number of carbonyl (C=O) groups is 1. The number of nitrogens with zero attached hydrogens (tertiary/aromatic N) is 5. The van der Waals surface area contributed by atoms with Crippen molar-refractivity contribution in [1.82, 2.24) is 29.9 Å². The minimum atomic E-state index is -0.174. The van der Waals surface area contributed by atoms with Gasteiger partial charge in [0.05, 0.1) is 12.2 Å². The molecule has 0 bridgehead atoms. The summed E-state index contributed by atoms with van der Waals surface area (Å²) in [5, 5.41) is 14.9. The van der Waals surface area contributed by atoms with E-state index in [0.29, 0.717) is 0 Å². The Labute approximate surface area is 111 Å². The number of amides is 1. The van der Waals surface area contributed by atoms with Crippen LogP contribution in [0.25, 0.3) is 0 Å². The van der Waals surface area contributed by atoms with Crippen molar-refractivity contribution in [2.75, 3.05) is 0 Å². The number of hydrogen-bond acceptors (Lipinski definition) is 4. The molecule has 0 radical (unpaired) electrons. The summed E-state index contributed by atoms with van der Waals surface area (Å²) in [6, 6.07) is -0.174. The number of hydrogen-bond donors (Lipinski definition) is 1. The second-order valence-electron chi connectivity index (χ2n) is 4.48. The standard InChI is InChI=1S/C12H18N6O/c1-4-17-8-13-16-12(17)10(3)15-11(19)7-18-6-9(2)5-14-18/h5-6,8,10H,4,7H2,1-3H3,(H,15,19). The Bertz CT molecular complexity index is 558. The molecule has 19 heavy (non-hydrogen) atoms. The molecule has 0 aromatic carbocycles. The first-order valence-electron chi connectivity index (χ1n) is 6.26. The second-order valence-corrected chi connectivity index (χ2v) is 4.48. The summed E-state index contributed by atoms with van der Waals surface area (Å²) in [5.41, 5.74) is 1.03. The number of aryl methyl sites for hydroxylation is 2. The lowest BCUT2D eigenvalue weighted by Gasteiger charge is -2.13. The second kappa shape index (κ2) is 5.64. The number of carbonyl (C=O) groups excluding carboxylic acids is 1. The molecule has 0 spiro atoms. The maximum absolute atomic E-state index is 11.9. The van der Waals surface area contributed by atoms with Crippen LogP contribution in [0.5, 0.6) is 0 Å². The lowest BCUT2D eigenvalue weighted by molar-refractivity contribution is -0.122. The van der Waals surface area contributed by atoms with E-state index >= 15 is 0 Å². The van der Waals surface area contributed by atoms with Crippen LogP contribution in [0, 0.1) is 6.92 Å². The van der Waals surface area contributed by atoms with Crippen molar-refractivity contribution in [2.24, 2.45) is 0 Å². The molecule has 2 heterocycles. The molecule has 2 aromatic rings. The summed E-state index contributed by atoms with van der Waals surface area (Å²) >= 11 is 0. The normalized spacial score (nSPS) is 12.4. The molecule has 1 unspecified atom stereocenters. The Hall–Kier alpha value is -2.18. The lowest BCUT2D eigenvalue weighted by atomic mass is 10.3. The van der Waals surface area contributed by atoms with Gasteiger partial charge in [-0.25, -0.2) is 0 Å². The third kappa shape index (κ3) is 3.18. The Morgan fingerprint density at radius 3 is 2.95 bits per heavy atom. The van der Waals surface area contributed by atoms with Crippen LogP contribution in [0.4, 0.5) is 0 Å². The van der Waals surface area contributed by atoms with Gasteiger partial charge in [-0.1, -0.05) is 0 Å². The van der Waals surface area contributed by atoms with Crippen LogP contribution < -0.4 is 5.32 Å². The summed E-state index contributed by atoms with van der Waals surface area (Å²) in [6.45, 7) is 6.82. The zero-order valence-electron chi connectivity index (χ0n) is 11.4. The van der Waals surface area contributed by atoms with Crippen LogP contribution in [0.3, 0.4) is 0 Å². The lowest BCUT2D eigenvalue weighted by Crippen LogP contribution is -2.31. The fourth-order valence-electron chi connectivity index (χ4n) is 1.90.